The number of hydrogen-bond donors (Lipinski definition) is 1. The summed E-state index contributed by atoms with van der Waals surface area (Å²) in [6.07, 6.45) is 1.28. The molecular weight excluding hydrogens is 629 g/mol. The number of aromatic nitrogens is 4. The molecule has 11 heteroatoms. The Labute approximate surface area is 280 Å². The van der Waals surface area contributed by atoms with Crippen molar-refractivity contribution < 1.29 is 22.7 Å². The van der Waals surface area contributed by atoms with Crippen molar-refractivity contribution in [3.05, 3.63) is 114 Å². The molecular formula is C37H39F2N5O3Si. The van der Waals surface area contributed by atoms with Crippen molar-refractivity contribution in [3.8, 4) is 18.1 Å². The van der Waals surface area contributed by atoms with Crippen LogP contribution in [0.1, 0.15) is 43.7 Å². The van der Waals surface area contributed by atoms with Gasteiger partial charge in [0.15, 0.2) is 37.7 Å². The van der Waals surface area contributed by atoms with Gasteiger partial charge in [-0.1, -0.05) is 99.5 Å². The fraction of sp³-hybridized carbons (Fsp3) is 0.324. The van der Waals surface area contributed by atoms with Crippen molar-refractivity contribution in [3.63, 3.8) is 0 Å². The van der Waals surface area contributed by atoms with Crippen LogP contribution in [0.2, 0.25) is 18.1 Å². The third-order valence-corrected chi connectivity index (χ3v) is 14.0. The van der Waals surface area contributed by atoms with Crippen molar-refractivity contribution in [2.75, 3.05) is 12.4 Å². The van der Waals surface area contributed by atoms with Gasteiger partial charge in [-0.25, -0.2) is 9.37 Å². The van der Waals surface area contributed by atoms with Crippen LogP contribution in [0, 0.1) is 18.4 Å². The van der Waals surface area contributed by atoms with Crippen molar-refractivity contribution in [1.82, 2.24) is 19.5 Å². The van der Waals surface area contributed by atoms with E-state index in [4.69, 9.17) is 20.3 Å². The summed E-state index contributed by atoms with van der Waals surface area (Å²) in [4.78, 5) is 12.9. The Morgan fingerprint density at radius 3 is 2.04 bits per heavy atom. The van der Waals surface area contributed by atoms with Crippen LogP contribution >= 0.6 is 0 Å². The molecule has 1 N–H and O–H groups in total. The molecule has 0 spiro atoms. The number of fused-ring (bicyclic) bond motifs is 1. The van der Waals surface area contributed by atoms with E-state index in [-0.39, 0.29) is 22.0 Å². The number of anilines is 1. The van der Waals surface area contributed by atoms with Gasteiger partial charge in [-0.05, 0) is 47.0 Å². The summed E-state index contributed by atoms with van der Waals surface area (Å²) < 4.78 is 51.1. The molecule has 1 unspecified atom stereocenters. The molecule has 6 rings (SSSR count). The number of alkyl halides is 1. The normalized spacial score (nSPS) is 20.1. The summed E-state index contributed by atoms with van der Waals surface area (Å²) in [5.74, 6) is 3.34. The van der Waals surface area contributed by atoms with Gasteiger partial charge in [0.2, 0.25) is 0 Å². The van der Waals surface area contributed by atoms with Crippen LogP contribution in [0.4, 0.5) is 14.6 Å². The Kier molecular flexibility index (Phi) is 8.85. The molecule has 0 aliphatic carbocycles. The number of nitrogens with zero attached hydrogens (tertiary/aromatic N) is 4. The number of benzene rings is 3. The van der Waals surface area contributed by atoms with E-state index in [0.717, 1.165) is 16.7 Å². The number of hydrogen-bond acceptors (Lipinski definition) is 7. The second-order valence-corrected chi connectivity index (χ2v) is 18.2. The standard InChI is InChI=1S/C37H39F2N5O3Si/c1-8-28-31(47-48(6,7)36(2,3)4)29(38)34(46-28)44-23-40-30-32(41-35(39)42-33(30)44)43-37(24-15-11-9-12-16-24,25-17-13-10-14-18-25)26-19-21-27(45-5)22-20-26/h1,9-23,28-29,31,34H,2-7H3,(H,41,42,43)/t28?,29-,31+,34+/m0/s1. The first-order chi connectivity index (χ1) is 22.9. The van der Waals surface area contributed by atoms with Crippen LogP contribution in [0.5, 0.6) is 5.75 Å². The van der Waals surface area contributed by atoms with Crippen LogP contribution in [0.3, 0.4) is 0 Å². The molecule has 3 heterocycles. The number of rotatable bonds is 9. The van der Waals surface area contributed by atoms with Gasteiger partial charge in [0.25, 0.3) is 0 Å². The van der Waals surface area contributed by atoms with Crippen molar-refractivity contribution in [1.29, 1.82) is 0 Å². The number of halogens is 2. The van der Waals surface area contributed by atoms with Crippen LogP contribution in [-0.2, 0) is 14.7 Å². The Balaban J connectivity index is 1.48. The monoisotopic (exact) mass is 667 g/mol. The van der Waals surface area contributed by atoms with Crippen molar-refractivity contribution in [2.45, 2.75) is 69.0 Å². The third-order valence-electron chi connectivity index (χ3n) is 9.48. The predicted octanol–water partition coefficient (Wildman–Crippen LogP) is 7.64. The molecule has 248 valence electrons. The maximum absolute atomic E-state index is 16.4. The minimum atomic E-state index is -2.43. The smallest absolute Gasteiger partial charge is 0.312 e. The van der Waals surface area contributed by atoms with Crippen LogP contribution < -0.4 is 10.1 Å². The molecule has 8 nitrogen and oxygen atoms in total. The molecule has 1 fully saturated rings. The van der Waals surface area contributed by atoms with Crippen LogP contribution in [-0.4, -0.2) is 53.3 Å². The minimum absolute atomic E-state index is 0.0474. The summed E-state index contributed by atoms with van der Waals surface area (Å²) in [6.45, 7) is 10.3. The number of ether oxygens (including phenoxy) is 2. The highest BCUT2D eigenvalue weighted by Crippen LogP contribution is 2.44. The largest absolute Gasteiger partial charge is 0.497 e. The van der Waals surface area contributed by atoms with E-state index in [2.05, 4.69) is 47.0 Å². The van der Waals surface area contributed by atoms with Crippen LogP contribution in [0.25, 0.3) is 11.2 Å². The Morgan fingerprint density at radius 2 is 1.50 bits per heavy atom. The Hall–Kier alpha value is -4.63. The summed E-state index contributed by atoms with van der Waals surface area (Å²) in [6, 6.07) is 27.2. The SMILES string of the molecule is C#CC1O[C@@H](n2cnc3c(NC(c4ccccc4)(c4ccccc4)c4ccc(OC)cc4)nc(F)nc32)[C@@H](F)[C@@H]1O[Si](C)(C)C(C)(C)C. The molecule has 0 bridgehead atoms. The van der Waals surface area contributed by atoms with Crippen molar-refractivity contribution in [2.24, 2.45) is 0 Å². The van der Waals surface area contributed by atoms with E-state index in [0.29, 0.717) is 5.75 Å². The van der Waals surface area contributed by atoms with Gasteiger partial charge in [-0.2, -0.15) is 14.4 Å². The van der Waals surface area contributed by atoms with Crippen LogP contribution in [0.15, 0.2) is 91.3 Å². The number of imidazole rings is 1. The first kappa shape index (κ1) is 33.3. The van der Waals surface area contributed by atoms with Gasteiger partial charge in [0.1, 0.15) is 23.5 Å². The Bertz CT molecular complexity index is 1890. The first-order valence-corrected chi connectivity index (χ1v) is 18.7. The summed E-state index contributed by atoms with van der Waals surface area (Å²) in [7, 11) is -0.823. The van der Waals surface area contributed by atoms with Gasteiger partial charge in [0.05, 0.1) is 13.4 Å². The first-order valence-electron chi connectivity index (χ1n) is 15.8. The molecule has 1 aliphatic rings. The van der Waals surface area contributed by atoms with Gasteiger partial charge >= 0.3 is 6.08 Å². The van der Waals surface area contributed by atoms with Crippen molar-refractivity contribution >= 4 is 25.3 Å². The van der Waals surface area contributed by atoms with Gasteiger partial charge in [0, 0.05) is 0 Å². The molecule has 0 saturated carbocycles. The molecule has 0 amide bonds. The average Bonchev–Trinajstić information content (AvgIpc) is 3.63. The molecule has 1 aliphatic heterocycles. The number of nitrogens with one attached hydrogen (secondary N) is 1. The van der Waals surface area contributed by atoms with Gasteiger partial charge < -0.3 is 19.2 Å². The minimum Gasteiger partial charge on any atom is -0.497 e. The lowest BCUT2D eigenvalue weighted by Gasteiger charge is -2.39. The van der Waals surface area contributed by atoms with Gasteiger partial charge in [-0.3, -0.25) is 4.57 Å². The second-order valence-electron chi connectivity index (χ2n) is 13.4. The van der Waals surface area contributed by atoms with E-state index in [9.17, 15) is 0 Å². The maximum Gasteiger partial charge on any atom is 0.312 e. The molecule has 1 saturated heterocycles. The zero-order chi connectivity index (χ0) is 34.3. The summed E-state index contributed by atoms with van der Waals surface area (Å²) in [5, 5.41) is 3.38. The predicted molar refractivity (Wildman–Crippen MR) is 184 cm³/mol. The number of methoxy groups -OCH3 is 1. The highest BCUT2D eigenvalue weighted by Gasteiger charge is 2.51. The molecule has 2 aromatic heterocycles. The maximum atomic E-state index is 16.4. The zero-order valence-electron chi connectivity index (χ0n) is 27.8. The van der Waals surface area contributed by atoms with E-state index >= 15 is 8.78 Å². The highest BCUT2D eigenvalue weighted by molar-refractivity contribution is 6.74. The lowest BCUT2D eigenvalue weighted by Crippen LogP contribution is -2.48. The fourth-order valence-electron chi connectivity index (χ4n) is 5.90. The summed E-state index contributed by atoms with van der Waals surface area (Å²) >= 11 is 0. The van der Waals surface area contributed by atoms with Gasteiger partial charge in [-0.15, -0.1) is 6.42 Å². The average molecular weight is 668 g/mol. The zero-order valence-corrected chi connectivity index (χ0v) is 28.8. The highest BCUT2D eigenvalue weighted by atomic mass is 28.4. The fourth-order valence-corrected chi connectivity index (χ4v) is 7.19. The Morgan fingerprint density at radius 1 is 0.917 bits per heavy atom. The molecule has 0 radical (unpaired) electrons. The number of terminal acetylenes is 1. The molecule has 4 atom stereocenters. The van der Waals surface area contributed by atoms with E-state index in [1.165, 1.54) is 10.9 Å². The molecule has 5 aromatic rings. The molecule has 48 heavy (non-hydrogen) atoms. The lowest BCUT2D eigenvalue weighted by atomic mass is 9.77. The van der Waals surface area contributed by atoms with E-state index < -0.39 is 44.5 Å². The topological polar surface area (TPSA) is 83.3 Å². The quantitative estimate of drug-likeness (QED) is 0.0749. The lowest BCUT2D eigenvalue weighted by molar-refractivity contribution is 0.00215. The second kappa shape index (κ2) is 12.8. The summed E-state index contributed by atoms with van der Waals surface area (Å²) in [5.41, 5.74) is 1.75. The third kappa shape index (κ3) is 5.85. The van der Waals surface area contributed by atoms with E-state index in [1.807, 2.05) is 98.0 Å². The van der Waals surface area contributed by atoms with E-state index in [1.54, 1.807) is 7.11 Å². The molecule has 3 aromatic carbocycles.